The Morgan fingerprint density at radius 1 is 1.15 bits per heavy atom. The van der Waals surface area contributed by atoms with Gasteiger partial charge in [-0.2, -0.15) is 0 Å². The van der Waals surface area contributed by atoms with Crippen molar-refractivity contribution >= 4 is 33.6 Å². The topological polar surface area (TPSA) is 46.9 Å². The van der Waals surface area contributed by atoms with E-state index in [1.165, 1.54) is 17.3 Å². The van der Waals surface area contributed by atoms with Crippen molar-refractivity contribution in [1.29, 1.82) is 0 Å². The molecule has 0 spiro atoms. The van der Waals surface area contributed by atoms with Crippen LogP contribution in [0.25, 0.3) is 16.9 Å². The van der Waals surface area contributed by atoms with Gasteiger partial charge in [0.2, 0.25) is 5.91 Å². The molecule has 0 unspecified atom stereocenters. The van der Waals surface area contributed by atoms with Gasteiger partial charge in [-0.3, -0.25) is 9.36 Å². The van der Waals surface area contributed by atoms with Gasteiger partial charge in [0, 0.05) is 21.8 Å². The number of imidazole rings is 1. The van der Waals surface area contributed by atoms with Crippen molar-refractivity contribution in [3.05, 3.63) is 64.8 Å². The van der Waals surface area contributed by atoms with Crippen molar-refractivity contribution in [3.8, 4) is 16.9 Å². The minimum Gasteiger partial charge on any atom is -0.353 e. The van der Waals surface area contributed by atoms with Crippen molar-refractivity contribution in [3.63, 3.8) is 0 Å². The molecule has 3 aromatic rings. The minimum absolute atomic E-state index is 0.0126. The number of aromatic nitrogens is 2. The number of aryl methyl sites for hydroxylation is 1. The first-order valence-electron chi connectivity index (χ1n) is 8.77. The van der Waals surface area contributed by atoms with E-state index >= 15 is 0 Å². The van der Waals surface area contributed by atoms with Crippen molar-refractivity contribution in [1.82, 2.24) is 14.9 Å². The zero-order valence-electron chi connectivity index (χ0n) is 15.6. The lowest BCUT2D eigenvalue weighted by Crippen LogP contribution is -2.31. The SMILES string of the molecule is Cc1ccc(-n2c(-c3ccc(Br)cc3)cnc2SCC(=O)NC(C)C)cc1. The predicted molar refractivity (Wildman–Crippen MR) is 115 cm³/mol. The second kappa shape index (κ2) is 8.76. The summed E-state index contributed by atoms with van der Waals surface area (Å²) in [6.07, 6.45) is 1.87. The highest BCUT2D eigenvalue weighted by Gasteiger charge is 2.15. The van der Waals surface area contributed by atoms with E-state index < -0.39 is 0 Å². The monoisotopic (exact) mass is 443 g/mol. The van der Waals surface area contributed by atoms with Gasteiger partial charge >= 0.3 is 0 Å². The maximum Gasteiger partial charge on any atom is 0.230 e. The molecule has 0 aliphatic rings. The van der Waals surface area contributed by atoms with Gasteiger partial charge < -0.3 is 5.32 Å². The molecule has 4 nitrogen and oxygen atoms in total. The van der Waals surface area contributed by atoms with Crippen LogP contribution in [-0.2, 0) is 4.79 Å². The molecule has 2 aromatic carbocycles. The molecule has 3 rings (SSSR count). The molecule has 1 N–H and O–H groups in total. The zero-order chi connectivity index (χ0) is 19.4. The van der Waals surface area contributed by atoms with Gasteiger partial charge in [-0.05, 0) is 45.0 Å². The number of hydrogen-bond acceptors (Lipinski definition) is 3. The largest absolute Gasteiger partial charge is 0.353 e. The summed E-state index contributed by atoms with van der Waals surface area (Å²) in [5.74, 6) is 0.347. The Labute approximate surface area is 172 Å². The Morgan fingerprint density at radius 2 is 1.81 bits per heavy atom. The second-order valence-electron chi connectivity index (χ2n) is 6.61. The molecular formula is C21H22BrN3OS. The summed E-state index contributed by atoms with van der Waals surface area (Å²) in [6, 6.07) is 16.6. The smallest absolute Gasteiger partial charge is 0.230 e. The van der Waals surface area contributed by atoms with Gasteiger partial charge in [-0.15, -0.1) is 0 Å². The summed E-state index contributed by atoms with van der Waals surface area (Å²) in [5, 5.41) is 3.72. The van der Waals surface area contributed by atoms with E-state index in [2.05, 4.69) is 74.1 Å². The fourth-order valence-electron chi connectivity index (χ4n) is 2.70. The molecule has 1 aromatic heterocycles. The summed E-state index contributed by atoms with van der Waals surface area (Å²) >= 11 is 4.93. The summed E-state index contributed by atoms with van der Waals surface area (Å²) in [6.45, 7) is 5.99. The molecule has 0 bridgehead atoms. The van der Waals surface area contributed by atoms with Gasteiger partial charge in [0.1, 0.15) is 0 Å². The van der Waals surface area contributed by atoms with Crippen LogP contribution in [0.2, 0.25) is 0 Å². The molecule has 27 heavy (non-hydrogen) atoms. The number of benzene rings is 2. The van der Waals surface area contributed by atoms with Crippen LogP contribution in [0, 0.1) is 6.92 Å². The van der Waals surface area contributed by atoms with E-state index in [9.17, 15) is 4.79 Å². The second-order valence-corrected chi connectivity index (χ2v) is 8.47. The first kappa shape index (κ1) is 19.7. The molecule has 0 aliphatic carbocycles. The number of nitrogens with one attached hydrogen (secondary N) is 1. The Morgan fingerprint density at radius 3 is 2.44 bits per heavy atom. The zero-order valence-corrected chi connectivity index (χ0v) is 18.0. The minimum atomic E-state index is 0.0126. The highest BCUT2D eigenvalue weighted by atomic mass is 79.9. The Bertz CT molecular complexity index is 918. The van der Waals surface area contributed by atoms with Crippen LogP contribution in [0.3, 0.4) is 0 Å². The number of rotatable bonds is 6. The summed E-state index contributed by atoms with van der Waals surface area (Å²) < 4.78 is 3.14. The molecular weight excluding hydrogens is 422 g/mol. The van der Waals surface area contributed by atoms with Gasteiger partial charge in [0.15, 0.2) is 5.16 Å². The third kappa shape index (κ3) is 5.02. The van der Waals surface area contributed by atoms with E-state index in [4.69, 9.17) is 0 Å². The van der Waals surface area contributed by atoms with Gasteiger partial charge in [0.25, 0.3) is 0 Å². The number of carbonyl (C=O) groups is 1. The Balaban J connectivity index is 1.97. The molecule has 6 heteroatoms. The lowest BCUT2D eigenvalue weighted by Gasteiger charge is -2.13. The maximum atomic E-state index is 12.1. The summed E-state index contributed by atoms with van der Waals surface area (Å²) in [4.78, 5) is 16.7. The number of amides is 1. The summed E-state index contributed by atoms with van der Waals surface area (Å²) in [7, 11) is 0. The first-order valence-corrected chi connectivity index (χ1v) is 10.5. The maximum absolute atomic E-state index is 12.1. The average molecular weight is 444 g/mol. The molecule has 0 saturated heterocycles. The third-order valence-electron chi connectivity index (χ3n) is 3.94. The van der Waals surface area contributed by atoms with Crippen molar-refractivity contribution in [2.45, 2.75) is 32.0 Å². The lowest BCUT2D eigenvalue weighted by molar-refractivity contribution is -0.119. The van der Waals surface area contributed by atoms with Crippen LogP contribution in [0.4, 0.5) is 0 Å². The highest BCUT2D eigenvalue weighted by Crippen LogP contribution is 2.30. The predicted octanol–water partition coefficient (Wildman–Crippen LogP) is 5.23. The van der Waals surface area contributed by atoms with Crippen LogP contribution >= 0.6 is 27.7 Å². The van der Waals surface area contributed by atoms with Crippen molar-refractivity contribution in [2.75, 3.05) is 5.75 Å². The van der Waals surface area contributed by atoms with Crippen LogP contribution in [0.15, 0.2) is 64.4 Å². The Hall–Kier alpha value is -2.05. The molecule has 1 amide bonds. The Kier molecular flexibility index (Phi) is 6.39. The third-order valence-corrected chi connectivity index (χ3v) is 5.43. The lowest BCUT2D eigenvalue weighted by atomic mass is 10.1. The fraction of sp³-hybridized carbons (Fsp3) is 0.238. The molecule has 0 aliphatic heterocycles. The molecule has 140 valence electrons. The molecule has 0 fully saturated rings. The number of halogens is 1. The van der Waals surface area contributed by atoms with Crippen molar-refractivity contribution < 1.29 is 4.79 Å². The van der Waals surface area contributed by atoms with E-state index in [0.29, 0.717) is 5.75 Å². The highest BCUT2D eigenvalue weighted by molar-refractivity contribution is 9.10. The van der Waals surface area contributed by atoms with Gasteiger partial charge in [-0.25, -0.2) is 4.98 Å². The molecule has 0 saturated carbocycles. The molecule has 0 radical (unpaired) electrons. The normalized spacial score (nSPS) is 11.0. The van der Waals surface area contributed by atoms with Crippen molar-refractivity contribution in [2.24, 2.45) is 0 Å². The molecule has 0 atom stereocenters. The van der Waals surface area contributed by atoms with Gasteiger partial charge in [-0.1, -0.05) is 57.5 Å². The molecule has 1 heterocycles. The van der Waals surface area contributed by atoms with Crippen LogP contribution in [0.5, 0.6) is 0 Å². The van der Waals surface area contributed by atoms with E-state index in [-0.39, 0.29) is 11.9 Å². The van der Waals surface area contributed by atoms with Gasteiger partial charge in [0.05, 0.1) is 17.6 Å². The number of nitrogens with zero attached hydrogens (tertiary/aromatic N) is 2. The van der Waals surface area contributed by atoms with Crippen LogP contribution in [0.1, 0.15) is 19.4 Å². The van der Waals surface area contributed by atoms with E-state index in [1.54, 1.807) is 0 Å². The van der Waals surface area contributed by atoms with E-state index in [1.807, 2.05) is 32.2 Å². The number of carbonyl (C=O) groups excluding carboxylic acids is 1. The summed E-state index contributed by atoms with van der Waals surface area (Å²) in [5.41, 5.74) is 4.31. The standard InChI is InChI=1S/C21H22BrN3OS/c1-14(2)24-20(26)13-27-21-23-12-19(16-6-8-17(22)9-7-16)25(21)18-10-4-15(3)5-11-18/h4-12,14H,13H2,1-3H3,(H,24,26). The fourth-order valence-corrected chi connectivity index (χ4v) is 3.77. The van der Waals surface area contributed by atoms with E-state index in [0.717, 1.165) is 26.6 Å². The number of thioether (sulfide) groups is 1. The quantitative estimate of drug-likeness (QED) is 0.530. The first-order chi connectivity index (χ1) is 12.9. The average Bonchev–Trinajstić information content (AvgIpc) is 3.04. The van der Waals surface area contributed by atoms with Crippen LogP contribution in [-0.4, -0.2) is 27.3 Å². The number of hydrogen-bond donors (Lipinski definition) is 1. The van der Waals surface area contributed by atoms with Crippen LogP contribution < -0.4 is 5.32 Å².